The van der Waals surface area contributed by atoms with Crippen LogP contribution in [0.4, 0.5) is 0 Å². The standard InChI is InChI=1S/C15H13Br2ClO/c1-15(19,11-3-2-4-12(16)7-11)9-10-5-6-13(17)8-14(10)18/h2-8,19H,9H2,1H3. The van der Waals surface area contributed by atoms with Crippen molar-refractivity contribution >= 4 is 43.5 Å². The Hall–Kier alpha value is -0.350. The maximum atomic E-state index is 10.7. The van der Waals surface area contributed by atoms with Gasteiger partial charge in [-0.1, -0.05) is 61.7 Å². The lowest BCUT2D eigenvalue weighted by Gasteiger charge is -2.25. The smallest absolute Gasteiger partial charge is 0.0909 e. The topological polar surface area (TPSA) is 20.2 Å². The Morgan fingerprint density at radius 2 is 1.79 bits per heavy atom. The lowest BCUT2D eigenvalue weighted by molar-refractivity contribution is 0.0576. The zero-order chi connectivity index (χ0) is 14.0. The van der Waals surface area contributed by atoms with E-state index in [2.05, 4.69) is 31.9 Å². The van der Waals surface area contributed by atoms with Crippen LogP contribution >= 0.6 is 43.5 Å². The van der Waals surface area contributed by atoms with E-state index in [9.17, 15) is 5.11 Å². The van der Waals surface area contributed by atoms with Gasteiger partial charge in [-0.2, -0.15) is 0 Å². The second-order valence-electron chi connectivity index (χ2n) is 4.70. The number of hydrogen-bond acceptors (Lipinski definition) is 1. The third-order valence-corrected chi connectivity index (χ3v) is 4.33. The molecule has 4 heteroatoms. The van der Waals surface area contributed by atoms with Gasteiger partial charge in [0.25, 0.3) is 0 Å². The molecule has 0 aliphatic heterocycles. The monoisotopic (exact) mass is 402 g/mol. The minimum absolute atomic E-state index is 0.468. The summed E-state index contributed by atoms with van der Waals surface area (Å²) in [6.07, 6.45) is 0.468. The van der Waals surface area contributed by atoms with Gasteiger partial charge in [0.15, 0.2) is 0 Å². The predicted octanol–water partition coefficient (Wildman–Crippen LogP) is 5.32. The number of benzene rings is 2. The van der Waals surface area contributed by atoms with E-state index in [1.807, 2.05) is 42.5 Å². The van der Waals surface area contributed by atoms with Crippen LogP contribution in [0.15, 0.2) is 51.4 Å². The van der Waals surface area contributed by atoms with E-state index in [0.717, 1.165) is 20.1 Å². The summed E-state index contributed by atoms with van der Waals surface area (Å²) in [6, 6.07) is 13.4. The minimum Gasteiger partial charge on any atom is -0.385 e. The Balaban J connectivity index is 2.30. The maximum Gasteiger partial charge on any atom is 0.0909 e. The molecule has 100 valence electrons. The van der Waals surface area contributed by atoms with Crippen LogP contribution in [0, 0.1) is 0 Å². The minimum atomic E-state index is -0.957. The fraction of sp³-hybridized carbons (Fsp3) is 0.200. The van der Waals surface area contributed by atoms with Gasteiger partial charge in [0.05, 0.1) is 5.60 Å². The summed E-state index contributed by atoms with van der Waals surface area (Å²) in [7, 11) is 0. The van der Waals surface area contributed by atoms with Crippen molar-refractivity contribution in [2.24, 2.45) is 0 Å². The van der Waals surface area contributed by atoms with Gasteiger partial charge in [0, 0.05) is 20.4 Å². The molecular formula is C15H13Br2ClO. The Morgan fingerprint density at radius 1 is 1.11 bits per heavy atom. The normalized spacial score (nSPS) is 14.2. The van der Waals surface area contributed by atoms with Gasteiger partial charge in [-0.05, 0) is 42.3 Å². The molecule has 1 atom stereocenters. The predicted molar refractivity (Wildman–Crippen MR) is 86.6 cm³/mol. The summed E-state index contributed by atoms with van der Waals surface area (Å²) in [6.45, 7) is 1.80. The van der Waals surface area contributed by atoms with Crippen molar-refractivity contribution in [1.82, 2.24) is 0 Å². The van der Waals surface area contributed by atoms with E-state index in [4.69, 9.17) is 11.6 Å². The molecule has 1 nitrogen and oxygen atoms in total. The summed E-state index contributed by atoms with van der Waals surface area (Å²) in [5.41, 5.74) is 0.831. The molecule has 0 fully saturated rings. The third-order valence-electron chi connectivity index (χ3n) is 3.00. The van der Waals surface area contributed by atoms with Crippen LogP contribution in [0.3, 0.4) is 0 Å². The molecule has 1 unspecified atom stereocenters. The molecule has 0 bridgehead atoms. The second kappa shape index (κ2) is 5.96. The van der Waals surface area contributed by atoms with Crippen LogP contribution in [0.5, 0.6) is 0 Å². The summed E-state index contributed by atoms with van der Waals surface area (Å²) in [5.74, 6) is 0. The fourth-order valence-electron chi connectivity index (χ4n) is 1.96. The van der Waals surface area contributed by atoms with E-state index >= 15 is 0 Å². The van der Waals surface area contributed by atoms with Crippen molar-refractivity contribution in [3.05, 3.63) is 67.6 Å². The Kier molecular flexibility index (Phi) is 4.72. The summed E-state index contributed by atoms with van der Waals surface area (Å²) < 4.78 is 1.88. The molecular weight excluding hydrogens is 391 g/mol. The van der Waals surface area contributed by atoms with Crippen LogP contribution < -0.4 is 0 Å². The quantitative estimate of drug-likeness (QED) is 0.735. The summed E-state index contributed by atoms with van der Waals surface area (Å²) >= 11 is 13.0. The Bertz CT molecular complexity index is 596. The van der Waals surface area contributed by atoms with Gasteiger partial charge in [-0.25, -0.2) is 0 Å². The number of rotatable bonds is 3. The maximum absolute atomic E-state index is 10.7. The molecule has 0 saturated carbocycles. The highest BCUT2D eigenvalue weighted by Crippen LogP contribution is 2.31. The fourth-order valence-corrected chi connectivity index (χ4v) is 3.10. The molecule has 0 amide bonds. The van der Waals surface area contributed by atoms with Gasteiger partial charge in [0.2, 0.25) is 0 Å². The first-order valence-corrected chi connectivity index (χ1v) is 7.77. The van der Waals surface area contributed by atoms with Gasteiger partial charge in [-0.3, -0.25) is 0 Å². The van der Waals surface area contributed by atoms with Crippen molar-refractivity contribution in [2.75, 3.05) is 0 Å². The molecule has 0 saturated heterocycles. The van der Waals surface area contributed by atoms with Crippen LogP contribution in [0.2, 0.25) is 5.02 Å². The molecule has 2 aromatic rings. The van der Waals surface area contributed by atoms with Gasteiger partial charge < -0.3 is 5.11 Å². The highest BCUT2D eigenvalue weighted by atomic mass is 79.9. The van der Waals surface area contributed by atoms with Gasteiger partial charge >= 0.3 is 0 Å². The first-order chi connectivity index (χ1) is 8.88. The molecule has 0 aliphatic rings. The average Bonchev–Trinajstić information content (AvgIpc) is 2.33. The van der Waals surface area contributed by atoms with Crippen molar-refractivity contribution < 1.29 is 5.11 Å². The van der Waals surface area contributed by atoms with Crippen LogP contribution in [0.1, 0.15) is 18.1 Å². The van der Waals surface area contributed by atoms with Gasteiger partial charge in [0.1, 0.15) is 0 Å². The van der Waals surface area contributed by atoms with E-state index in [-0.39, 0.29) is 0 Å². The van der Waals surface area contributed by atoms with E-state index < -0.39 is 5.60 Å². The van der Waals surface area contributed by atoms with E-state index in [1.165, 1.54) is 0 Å². The molecule has 0 aromatic heterocycles. The van der Waals surface area contributed by atoms with Crippen molar-refractivity contribution in [3.8, 4) is 0 Å². The summed E-state index contributed by atoms with van der Waals surface area (Å²) in [5, 5.41) is 11.3. The first-order valence-electron chi connectivity index (χ1n) is 5.81. The molecule has 0 aliphatic carbocycles. The Labute approximate surface area is 134 Å². The highest BCUT2D eigenvalue weighted by Gasteiger charge is 2.24. The third kappa shape index (κ3) is 3.82. The van der Waals surface area contributed by atoms with Gasteiger partial charge in [-0.15, -0.1) is 0 Å². The molecule has 2 rings (SSSR count). The SMILES string of the molecule is CC(O)(Cc1ccc(Br)cc1Cl)c1cccc(Br)c1. The van der Waals surface area contributed by atoms with Crippen LogP contribution in [-0.2, 0) is 12.0 Å². The van der Waals surface area contributed by atoms with E-state index in [1.54, 1.807) is 6.92 Å². The molecule has 0 spiro atoms. The largest absolute Gasteiger partial charge is 0.385 e. The first kappa shape index (κ1) is 15.0. The lowest BCUT2D eigenvalue weighted by atomic mass is 9.89. The summed E-state index contributed by atoms with van der Waals surface area (Å²) in [4.78, 5) is 0. The molecule has 19 heavy (non-hydrogen) atoms. The molecule has 0 radical (unpaired) electrons. The Morgan fingerprint density at radius 3 is 2.42 bits per heavy atom. The molecule has 0 heterocycles. The van der Waals surface area contributed by atoms with Crippen molar-refractivity contribution in [3.63, 3.8) is 0 Å². The van der Waals surface area contributed by atoms with Crippen molar-refractivity contribution in [1.29, 1.82) is 0 Å². The zero-order valence-electron chi connectivity index (χ0n) is 10.3. The number of halogens is 3. The second-order valence-corrected chi connectivity index (χ2v) is 6.94. The van der Waals surface area contributed by atoms with Crippen LogP contribution in [-0.4, -0.2) is 5.11 Å². The zero-order valence-corrected chi connectivity index (χ0v) is 14.3. The van der Waals surface area contributed by atoms with Crippen molar-refractivity contribution in [2.45, 2.75) is 18.9 Å². The van der Waals surface area contributed by atoms with Crippen LogP contribution in [0.25, 0.3) is 0 Å². The molecule has 1 N–H and O–H groups in total. The average molecular weight is 405 g/mol. The number of aliphatic hydroxyl groups is 1. The number of hydrogen-bond donors (Lipinski definition) is 1. The van der Waals surface area contributed by atoms with E-state index in [0.29, 0.717) is 11.4 Å². The molecule has 2 aromatic carbocycles. The lowest BCUT2D eigenvalue weighted by Crippen LogP contribution is -2.24. The highest BCUT2D eigenvalue weighted by molar-refractivity contribution is 9.10.